The molecule has 94 valence electrons. The summed E-state index contributed by atoms with van der Waals surface area (Å²) in [5.74, 6) is 0.326. The Morgan fingerprint density at radius 2 is 2.06 bits per heavy atom. The summed E-state index contributed by atoms with van der Waals surface area (Å²) in [6, 6.07) is 5.58. The zero-order valence-electron chi connectivity index (χ0n) is 10.7. The Bertz CT molecular complexity index is 582. The van der Waals surface area contributed by atoms with Crippen LogP contribution in [0.5, 0.6) is 0 Å². The molecule has 1 aromatic heterocycles. The predicted octanol–water partition coefficient (Wildman–Crippen LogP) is 1.87. The Hall–Kier alpha value is -2.30. The fourth-order valence-electron chi connectivity index (χ4n) is 1.67. The molecule has 0 saturated carbocycles. The van der Waals surface area contributed by atoms with Crippen molar-refractivity contribution in [1.82, 2.24) is 9.78 Å². The molecule has 0 aliphatic heterocycles. The third kappa shape index (κ3) is 2.20. The van der Waals surface area contributed by atoms with Gasteiger partial charge in [0.15, 0.2) is 5.82 Å². The van der Waals surface area contributed by atoms with Gasteiger partial charge < -0.3 is 11.1 Å². The molecule has 0 aliphatic rings. The molecule has 0 aliphatic carbocycles. The van der Waals surface area contributed by atoms with Gasteiger partial charge in [0.1, 0.15) is 0 Å². The summed E-state index contributed by atoms with van der Waals surface area (Å²) in [4.78, 5) is 12.1. The van der Waals surface area contributed by atoms with Crippen LogP contribution >= 0.6 is 0 Å². The van der Waals surface area contributed by atoms with E-state index in [0.29, 0.717) is 17.1 Å². The lowest BCUT2D eigenvalue weighted by Gasteiger charge is -2.08. The van der Waals surface area contributed by atoms with Gasteiger partial charge in [-0.3, -0.25) is 9.48 Å². The summed E-state index contributed by atoms with van der Waals surface area (Å²) in [7, 11) is 1.73. The van der Waals surface area contributed by atoms with Crippen LogP contribution < -0.4 is 11.1 Å². The monoisotopic (exact) mass is 244 g/mol. The minimum atomic E-state index is -0.187. The van der Waals surface area contributed by atoms with Gasteiger partial charge in [-0.25, -0.2) is 0 Å². The maximum atomic E-state index is 12.1. The Morgan fingerprint density at radius 3 is 2.61 bits per heavy atom. The number of nitrogens with zero attached hydrogens (tertiary/aromatic N) is 2. The maximum Gasteiger partial charge on any atom is 0.256 e. The van der Waals surface area contributed by atoms with Crippen LogP contribution in [0.15, 0.2) is 24.4 Å². The smallest absolute Gasteiger partial charge is 0.256 e. The Morgan fingerprint density at radius 1 is 1.33 bits per heavy atom. The molecule has 0 atom stereocenters. The SMILES string of the molecule is Cc1ccc(C(=O)Nc2c(N)cnn2C)cc1C. The molecule has 2 aromatic rings. The van der Waals surface area contributed by atoms with Crippen LogP contribution in [0.25, 0.3) is 0 Å². The second kappa shape index (κ2) is 4.52. The van der Waals surface area contributed by atoms with E-state index >= 15 is 0 Å². The van der Waals surface area contributed by atoms with E-state index in [1.54, 1.807) is 13.1 Å². The van der Waals surface area contributed by atoms with E-state index in [4.69, 9.17) is 5.73 Å². The number of nitrogens with one attached hydrogen (secondary N) is 1. The van der Waals surface area contributed by atoms with Gasteiger partial charge in [0.2, 0.25) is 0 Å². The molecule has 3 N–H and O–H groups in total. The van der Waals surface area contributed by atoms with Crippen molar-refractivity contribution in [2.24, 2.45) is 7.05 Å². The topological polar surface area (TPSA) is 72.9 Å². The first-order valence-corrected chi connectivity index (χ1v) is 5.65. The summed E-state index contributed by atoms with van der Waals surface area (Å²) < 4.78 is 1.54. The molecule has 1 aromatic carbocycles. The van der Waals surface area contributed by atoms with E-state index in [9.17, 15) is 4.79 Å². The average Bonchev–Trinajstić information content (AvgIpc) is 2.64. The fourth-order valence-corrected chi connectivity index (χ4v) is 1.67. The van der Waals surface area contributed by atoms with Crippen molar-refractivity contribution >= 4 is 17.4 Å². The summed E-state index contributed by atoms with van der Waals surface area (Å²) in [6.45, 7) is 3.99. The first kappa shape index (κ1) is 12.2. The van der Waals surface area contributed by atoms with Gasteiger partial charge in [0, 0.05) is 12.6 Å². The Balaban J connectivity index is 2.25. The molecule has 0 radical (unpaired) electrons. The van der Waals surface area contributed by atoms with E-state index in [0.717, 1.165) is 11.1 Å². The third-order valence-corrected chi connectivity index (χ3v) is 2.97. The number of aryl methyl sites for hydroxylation is 3. The zero-order chi connectivity index (χ0) is 13.3. The van der Waals surface area contributed by atoms with E-state index in [1.165, 1.54) is 10.9 Å². The molecule has 18 heavy (non-hydrogen) atoms. The number of hydrogen-bond acceptors (Lipinski definition) is 3. The van der Waals surface area contributed by atoms with Crippen molar-refractivity contribution in [2.75, 3.05) is 11.1 Å². The number of rotatable bonds is 2. The number of hydrogen-bond donors (Lipinski definition) is 2. The molecule has 0 saturated heterocycles. The van der Waals surface area contributed by atoms with Crippen LogP contribution in [-0.4, -0.2) is 15.7 Å². The lowest BCUT2D eigenvalue weighted by Crippen LogP contribution is -2.15. The van der Waals surface area contributed by atoms with E-state index < -0.39 is 0 Å². The summed E-state index contributed by atoms with van der Waals surface area (Å²) in [6.07, 6.45) is 1.51. The molecule has 0 spiro atoms. The van der Waals surface area contributed by atoms with E-state index in [2.05, 4.69) is 10.4 Å². The average molecular weight is 244 g/mol. The largest absolute Gasteiger partial charge is 0.394 e. The normalized spacial score (nSPS) is 10.4. The van der Waals surface area contributed by atoms with Crippen molar-refractivity contribution in [1.29, 1.82) is 0 Å². The quantitative estimate of drug-likeness (QED) is 0.847. The van der Waals surface area contributed by atoms with Crippen molar-refractivity contribution in [3.8, 4) is 0 Å². The van der Waals surface area contributed by atoms with Crippen molar-refractivity contribution in [3.63, 3.8) is 0 Å². The summed E-state index contributed by atoms with van der Waals surface area (Å²) >= 11 is 0. The number of anilines is 2. The number of benzene rings is 1. The molecular formula is C13H16N4O. The number of nitrogens with two attached hydrogens (primary N) is 1. The van der Waals surface area contributed by atoms with Crippen LogP contribution in [0.3, 0.4) is 0 Å². The Labute approximate surface area is 106 Å². The predicted molar refractivity (Wildman–Crippen MR) is 71.5 cm³/mol. The van der Waals surface area contributed by atoms with Gasteiger partial charge in [-0.15, -0.1) is 0 Å². The third-order valence-electron chi connectivity index (χ3n) is 2.97. The molecule has 1 heterocycles. The first-order chi connectivity index (χ1) is 8.49. The number of carbonyl (C=O) groups excluding carboxylic acids is 1. The van der Waals surface area contributed by atoms with Crippen LogP contribution in [0.1, 0.15) is 21.5 Å². The highest BCUT2D eigenvalue weighted by Crippen LogP contribution is 2.17. The standard InChI is InChI=1S/C13H16N4O/c1-8-4-5-10(6-9(8)2)13(18)16-12-11(14)7-15-17(12)3/h4-7H,14H2,1-3H3,(H,16,18). The summed E-state index contributed by atoms with van der Waals surface area (Å²) in [5.41, 5.74) is 9.03. The molecule has 0 unspecified atom stereocenters. The first-order valence-electron chi connectivity index (χ1n) is 5.65. The molecule has 2 rings (SSSR count). The molecular weight excluding hydrogens is 228 g/mol. The highest BCUT2D eigenvalue weighted by Gasteiger charge is 2.11. The number of aromatic nitrogens is 2. The van der Waals surface area contributed by atoms with Gasteiger partial charge in [0.25, 0.3) is 5.91 Å². The van der Waals surface area contributed by atoms with Crippen LogP contribution in [0, 0.1) is 13.8 Å². The summed E-state index contributed by atoms with van der Waals surface area (Å²) in [5, 5.41) is 6.73. The molecule has 5 nitrogen and oxygen atoms in total. The van der Waals surface area contributed by atoms with Crippen LogP contribution in [0.4, 0.5) is 11.5 Å². The van der Waals surface area contributed by atoms with Gasteiger partial charge in [-0.1, -0.05) is 6.07 Å². The highest BCUT2D eigenvalue weighted by molar-refractivity contribution is 6.05. The van der Waals surface area contributed by atoms with Gasteiger partial charge in [-0.05, 0) is 37.1 Å². The van der Waals surface area contributed by atoms with E-state index in [-0.39, 0.29) is 5.91 Å². The minimum absolute atomic E-state index is 0.187. The van der Waals surface area contributed by atoms with Gasteiger partial charge >= 0.3 is 0 Å². The molecule has 0 bridgehead atoms. The highest BCUT2D eigenvalue weighted by atomic mass is 16.1. The maximum absolute atomic E-state index is 12.1. The lowest BCUT2D eigenvalue weighted by molar-refractivity contribution is 0.102. The lowest BCUT2D eigenvalue weighted by atomic mass is 10.1. The van der Waals surface area contributed by atoms with Gasteiger partial charge in [0.05, 0.1) is 11.9 Å². The number of amides is 1. The second-order valence-corrected chi connectivity index (χ2v) is 4.33. The number of nitrogen functional groups attached to an aromatic ring is 1. The van der Waals surface area contributed by atoms with Crippen molar-refractivity contribution in [2.45, 2.75) is 13.8 Å². The zero-order valence-corrected chi connectivity index (χ0v) is 10.7. The second-order valence-electron chi connectivity index (χ2n) is 4.33. The molecule has 0 fully saturated rings. The fraction of sp³-hybridized carbons (Fsp3) is 0.231. The van der Waals surface area contributed by atoms with Gasteiger partial charge in [-0.2, -0.15) is 5.10 Å². The van der Waals surface area contributed by atoms with E-state index in [1.807, 2.05) is 26.0 Å². The Kier molecular flexibility index (Phi) is 3.06. The number of carbonyl (C=O) groups is 1. The molecule has 5 heteroatoms. The van der Waals surface area contributed by atoms with Crippen molar-refractivity contribution < 1.29 is 4.79 Å². The minimum Gasteiger partial charge on any atom is -0.394 e. The van der Waals surface area contributed by atoms with Crippen molar-refractivity contribution in [3.05, 3.63) is 41.1 Å². The molecule has 1 amide bonds. The van der Waals surface area contributed by atoms with Crippen LogP contribution in [0.2, 0.25) is 0 Å². The van der Waals surface area contributed by atoms with Crippen LogP contribution in [-0.2, 0) is 7.05 Å².